The van der Waals surface area contributed by atoms with Gasteiger partial charge in [-0.3, -0.25) is 9.48 Å². The van der Waals surface area contributed by atoms with Crippen molar-refractivity contribution >= 4 is 45.1 Å². The Morgan fingerprint density at radius 3 is 2.76 bits per heavy atom. The number of nitrogens with one attached hydrogen (secondary N) is 3. The zero-order valence-electron chi connectivity index (χ0n) is 23.1. The number of aryl methyl sites for hydroxylation is 1. The third-order valence-electron chi connectivity index (χ3n) is 7.32. The fourth-order valence-corrected chi connectivity index (χ4v) is 5.60. The summed E-state index contributed by atoms with van der Waals surface area (Å²) in [6.45, 7) is 7.64. The molecule has 0 spiro atoms. The van der Waals surface area contributed by atoms with E-state index in [2.05, 4.69) is 49.8 Å². The second-order valence-electron chi connectivity index (χ2n) is 10.6. The molecule has 2 aliphatic heterocycles. The maximum Gasteiger partial charge on any atom is 0.317 e. The van der Waals surface area contributed by atoms with Gasteiger partial charge in [0.05, 0.1) is 17.6 Å². The molecule has 2 fully saturated rings. The van der Waals surface area contributed by atoms with E-state index in [4.69, 9.17) is 4.74 Å². The van der Waals surface area contributed by atoms with Crippen molar-refractivity contribution in [2.24, 2.45) is 7.05 Å². The lowest BCUT2D eigenvalue weighted by Crippen LogP contribution is -2.54. The van der Waals surface area contributed by atoms with Crippen LogP contribution in [-0.2, 0) is 7.05 Å². The van der Waals surface area contributed by atoms with E-state index in [-0.39, 0.29) is 36.2 Å². The van der Waals surface area contributed by atoms with Crippen molar-refractivity contribution in [1.29, 1.82) is 0 Å². The van der Waals surface area contributed by atoms with Crippen LogP contribution in [0.1, 0.15) is 24.2 Å². The summed E-state index contributed by atoms with van der Waals surface area (Å²) in [5.74, 6) is -0.963. The van der Waals surface area contributed by atoms with Crippen molar-refractivity contribution in [3.8, 4) is 6.01 Å². The SMILES string of the molecule is C[C@@H]1CN(c2ccc(C(=O)Nc3cc(F)c4nn(C)cc4c3)c3nc(OCCN4CCNC4=O)ncc23)C[C@H](C)N1. The van der Waals surface area contributed by atoms with E-state index in [1.54, 1.807) is 36.5 Å². The van der Waals surface area contributed by atoms with Crippen LogP contribution >= 0.6 is 0 Å². The van der Waals surface area contributed by atoms with Crippen LogP contribution in [0.3, 0.4) is 0 Å². The summed E-state index contributed by atoms with van der Waals surface area (Å²) in [6.07, 6.45) is 3.36. The summed E-state index contributed by atoms with van der Waals surface area (Å²) in [4.78, 5) is 38.4. The number of ether oxygens (including phenoxy) is 1. The number of urea groups is 1. The average molecular weight is 562 g/mol. The van der Waals surface area contributed by atoms with E-state index in [0.717, 1.165) is 18.8 Å². The van der Waals surface area contributed by atoms with Crippen LogP contribution in [0.4, 0.5) is 20.6 Å². The summed E-state index contributed by atoms with van der Waals surface area (Å²) in [5, 5.41) is 14.5. The van der Waals surface area contributed by atoms with Gasteiger partial charge < -0.3 is 30.5 Å². The molecule has 13 heteroatoms. The van der Waals surface area contributed by atoms with Crippen molar-refractivity contribution in [2.45, 2.75) is 25.9 Å². The summed E-state index contributed by atoms with van der Waals surface area (Å²) in [7, 11) is 1.71. The molecule has 0 radical (unpaired) electrons. The smallest absolute Gasteiger partial charge is 0.317 e. The minimum atomic E-state index is -0.523. The molecule has 2 aromatic carbocycles. The fourth-order valence-electron chi connectivity index (χ4n) is 5.60. The van der Waals surface area contributed by atoms with Gasteiger partial charge in [-0.25, -0.2) is 14.2 Å². The number of hydrogen-bond donors (Lipinski definition) is 3. The van der Waals surface area contributed by atoms with E-state index in [1.165, 1.54) is 10.7 Å². The molecule has 6 rings (SSSR count). The number of benzene rings is 2. The zero-order valence-corrected chi connectivity index (χ0v) is 23.1. The van der Waals surface area contributed by atoms with E-state index in [1.807, 2.05) is 6.07 Å². The number of amides is 3. The van der Waals surface area contributed by atoms with Gasteiger partial charge in [-0.2, -0.15) is 10.1 Å². The molecule has 3 amide bonds. The highest BCUT2D eigenvalue weighted by atomic mass is 19.1. The van der Waals surface area contributed by atoms with Gasteiger partial charge in [-0.05, 0) is 38.1 Å². The van der Waals surface area contributed by atoms with Gasteiger partial charge >= 0.3 is 12.0 Å². The second kappa shape index (κ2) is 10.8. The van der Waals surface area contributed by atoms with Gasteiger partial charge in [0, 0.05) is 79.9 Å². The molecule has 2 saturated heterocycles. The lowest BCUT2D eigenvalue weighted by Gasteiger charge is -2.38. The Bertz CT molecular complexity index is 1630. The van der Waals surface area contributed by atoms with E-state index >= 15 is 0 Å². The second-order valence-corrected chi connectivity index (χ2v) is 10.6. The maximum atomic E-state index is 14.7. The minimum Gasteiger partial charge on any atom is -0.462 e. The monoisotopic (exact) mass is 561 g/mol. The summed E-state index contributed by atoms with van der Waals surface area (Å²) in [5.41, 5.74) is 2.19. The Labute approximate surface area is 235 Å². The largest absolute Gasteiger partial charge is 0.462 e. The van der Waals surface area contributed by atoms with Gasteiger partial charge in [0.25, 0.3) is 5.91 Å². The van der Waals surface area contributed by atoms with E-state index < -0.39 is 11.7 Å². The zero-order chi connectivity index (χ0) is 28.7. The number of nitrogens with zero attached hydrogens (tertiary/aromatic N) is 6. The molecule has 2 atom stereocenters. The van der Waals surface area contributed by atoms with Crippen molar-refractivity contribution in [2.75, 3.05) is 49.5 Å². The first-order valence-corrected chi connectivity index (χ1v) is 13.7. The molecule has 0 saturated carbocycles. The first kappa shape index (κ1) is 26.7. The number of rotatable bonds is 7. The normalized spacial score (nSPS) is 19.2. The highest BCUT2D eigenvalue weighted by Crippen LogP contribution is 2.31. The molecule has 4 aromatic rings. The van der Waals surface area contributed by atoms with Crippen molar-refractivity contribution in [3.63, 3.8) is 0 Å². The van der Waals surface area contributed by atoms with Crippen LogP contribution in [0.25, 0.3) is 21.8 Å². The van der Waals surface area contributed by atoms with Crippen LogP contribution in [0.5, 0.6) is 6.01 Å². The molecule has 12 nitrogen and oxygen atoms in total. The third-order valence-corrected chi connectivity index (χ3v) is 7.32. The van der Waals surface area contributed by atoms with Gasteiger partial charge in [-0.1, -0.05) is 0 Å². The molecule has 2 aliphatic rings. The standard InChI is InChI=1S/C28H32FN9O3/c1-16-13-38(14-17(2)32-16)23-5-4-20(26(39)33-19-10-18-15-36(3)35-24(18)22(29)11-19)25-21(23)12-31-27(34-25)41-9-8-37-7-6-30-28(37)40/h4-5,10-12,15-17,32H,6-9,13-14H2,1-3H3,(H,30,40)(H,33,39)/t16-,17+. The molecule has 41 heavy (non-hydrogen) atoms. The third kappa shape index (κ3) is 5.44. The summed E-state index contributed by atoms with van der Waals surface area (Å²) >= 11 is 0. The maximum absolute atomic E-state index is 14.7. The highest BCUT2D eigenvalue weighted by molar-refractivity contribution is 6.14. The summed E-state index contributed by atoms with van der Waals surface area (Å²) in [6, 6.07) is 7.11. The Kier molecular flexibility index (Phi) is 7.03. The van der Waals surface area contributed by atoms with Gasteiger partial charge in [0.15, 0.2) is 5.82 Å². The first-order valence-electron chi connectivity index (χ1n) is 13.7. The lowest BCUT2D eigenvalue weighted by atomic mass is 10.0. The molecule has 2 aromatic heterocycles. The molecule has 214 valence electrons. The average Bonchev–Trinajstić information content (AvgIpc) is 3.51. The predicted octanol–water partition coefficient (Wildman–Crippen LogP) is 2.50. The number of carbonyl (C=O) groups excluding carboxylic acids is 2. The molecular weight excluding hydrogens is 529 g/mol. The van der Waals surface area contributed by atoms with Crippen molar-refractivity contribution in [3.05, 3.63) is 48.0 Å². The van der Waals surface area contributed by atoms with Crippen molar-refractivity contribution < 1.29 is 18.7 Å². The minimum absolute atomic E-state index is 0.105. The van der Waals surface area contributed by atoms with Crippen LogP contribution in [0.2, 0.25) is 0 Å². The van der Waals surface area contributed by atoms with E-state index in [0.29, 0.717) is 47.2 Å². The Balaban J connectivity index is 1.32. The van der Waals surface area contributed by atoms with Crippen LogP contribution in [-0.4, -0.2) is 88.0 Å². The highest BCUT2D eigenvalue weighted by Gasteiger charge is 2.25. The number of carbonyl (C=O) groups is 2. The number of aromatic nitrogens is 4. The lowest BCUT2D eigenvalue weighted by molar-refractivity contribution is 0.102. The number of anilines is 2. The van der Waals surface area contributed by atoms with Crippen LogP contribution in [0, 0.1) is 5.82 Å². The number of fused-ring (bicyclic) bond motifs is 2. The van der Waals surface area contributed by atoms with Crippen LogP contribution in [0.15, 0.2) is 36.7 Å². The topological polar surface area (TPSA) is 130 Å². The Hall–Kier alpha value is -4.52. The molecular formula is C28H32FN9O3. The number of piperazine rings is 1. The molecule has 0 unspecified atom stereocenters. The number of hydrogen-bond acceptors (Lipinski definition) is 8. The summed E-state index contributed by atoms with van der Waals surface area (Å²) < 4.78 is 22.0. The predicted molar refractivity (Wildman–Crippen MR) is 153 cm³/mol. The van der Waals surface area contributed by atoms with Crippen molar-refractivity contribution in [1.82, 2.24) is 35.3 Å². The Morgan fingerprint density at radius 2 is 2.00 bits per heavy atom. The number of halogens is 1. The molecule has 3 N–H and O–H groups in total. The Morgan fingerprint density at radius 1 is 1.20 bits per heavy atom. The van der Waals surface area contributed by atoms with E-state index in [9.17, 15) is 14.0 Å². The quantitative estimate of drug-likeness (QED) is 0.314. The van der Waals surface area contributed by atoms with Crippen LogP contribution < -0.4 is 25.6 Å². The molecule has 0 bridgehead atoms. The fraction of sp³-hybridized carbons (Fsp3) is 0.393. The van der Waals surface area contributed by atoms with Gasteiger partial charge in [-0.15, -0.1) is 0 Å². The molecule has 4 heterocycles. The van der Waals surface area contributed by atoms with Gasteiger partial charge in [0.1, 0.15) is 12.1 Å². The van der Waals surface area contributed by atoms with Gasteiger partial charge in [0.2, 0.25) is 0 Å². The first-order chi connectivity index (χ1) is 19.7. The molecule has 0 aliphatic carbocycles.